The lowest BCUT2D eigenvalue weighted by atomic mass is 9.50. The molecule has 2 nitrogen and oxygen atoms in total. The van der Waals surface area contributed by atoms with Crippen molar-refractivity contribution in [1.29, 1.82) is 0 Å². The molecule has 23 heavy (non-hydrogen) atoms. The molecule has 0 amide bonds. The van der Waals surface area contributed by atoms with Crippen molar-refractivity contribution in [2.75, 3.05) is 0 Å². The Labute approximate surface area is 137 Å². The number of hydrogen-bond acceptors (Lipinski definition) is 2. The van der Waals surface area contributed by atoms with E-state index in [2.05, 4.69) is 20.8 Å². The Hall–Kier alpha value is -0.960. The van der Waals surface area contributed by atoms with Crippen molar-refractivity contribution in [3.05, 3.63) is 22.8 Å². The second-order valence-corrected chi connectivity index (χ2v) is 9.01. The van der Waals surface area contributed by atoms with Gasteiger partial charge in [-0.15, -0.1) is 0 Å². The zero-order chi connectivity index (χ0) is 16.6. The van der Waals surface area contributed by atoms with Gasteiger partial charge in [0.2, 0.25) is 0 Å². The minimum absolute atomic E-state index is 0.0138. The molecule has 1 fully saturated rings. The van der Waals surface area contributed by atoms with Crippen LogP contribution in [0.2, 0.25) is 0 Å². The average Bonchev–Trinajstić information content (AvgIpc) is 2.76. The quantitative estimate of drug-likeness (QED) is 0.677. The third-order valence-corrected chi connectivity index (χ3v) is 7.38. The van der Waals surface area contributed by atoms with Gasteiger partial charge in [0.05, 0.1) is 6.10 Å². The van der Waals surface area contributed by atoms with Crippen molar-refractivity contribution in [3.63, 3.8) is 0 Å². The number of allylic oxidation sites excluding steroid dienone is 3. The molecule has 0 heterocycles. The predicted octanol–water partition coefficient (Wildman–Crippen LogP) is 4.28. The number of aliphatic hydroxyl groups excluding tert-OH is 1. The maximum atomic E-state index is 16.3. The summed E-state index contributed by atoms with van der Waals surface area (Å²) in [7, 11) is 0. The molecule has 0 bridgehead atoms. The second-order valence-electron chi connectivity index (χ2n) is 9.01. The van der Waals surface area contributed by atoms with E-state index in [1.54, 1.807) is 6.08 Å². The first-order valence-corrected chi connectivity index (χ1v) is 9.02. The van der Waals surface area contributed by atoms with Crippen LogP contribution in [0, 0.1) is 16.7 Å². The zero-order valence-corrected chi connectivity index (χ0v) is 14.4. The van der Waals surface area contributed by atoms with Crippen LogP contribution in [0.15, 0.2) is 22.8 Å². The van der Waals surface area contributed by atoms with Crippen molar-refractivity contribution < 1.29 is 14.3 Å². The summed E-state index contributed by atoms with van der Waals surface area (Å²) in [5, 5.41) is 10.9. The Morgan fingerprint density at radius 3 is 2.57 bits per heavy atom. The van der Waals surface area contributed by atoms with Crippen molar-refractivity contribution in [2.24, 2.45) is 16.7 Å². The fourth-order valence-electron chi connectivity index (χ4n) is 6.07. The number of hydrogen-bond donors (Lipinski definition) is 1. The minimum atomic E-state index is -1.38. The average molecular weight is 318 g/mol. The fraction of sp³-hybridized carbons (Fsp3) is 0.750. The molecule has 126 valence electrons. The van der Waals surface area contributed by atoms with Crippen LogP contribution < -0.4 is 0 Å². The lowest BCUT2D eigenvalue weighted by Crippen LogP contribution is -2.57. The van der Waals surface area contributed by atoms with Crippen LogP contribution >= 0.6 is 0 Å². The molecule has 0 aromatic rings. The third kappa shape index (κ3) is 1.92. The van der Waals surface area contributed by atoms with Crippen LogP contribution in [0.4, 0.5) is 4.39 Å². The highest BCUT2D eigenvalue weighted by molar-refractivity contribution is 5.91. The smallest absolute Gasteiger partial charge is 0.155 e. The summed E-state index contributed by atoms with van der Waals surface area (Å²) in [4.78, 5) is 11.8. The van der Waals surface area contributed by atoms with Crippen LogP contribution in [0.1, 0.15) is 65.7 Å². The van der Waals surface area contributed by atoms with Crippen LogP contribution in [-0.2, 0) is 4.79 Å². The van der Waals surface area contributed by atoms with E-state index in [9.17, 15) is 9.90 Å². The number of rotatable bonds is 0. The second kappa shape index (κ2) is 4.56. The number of carbonyl (C=O) groups excluding carboxylic acids is 1. The fourth-order valence-corrected chi connectivity index (χ4v) is 6.07. The Balaban J connectivity index is 1.85. The van der Waals surface area contributed by atoms with Crippen LogP contribution in [-0.4, -0.2) is 22.7 Å². The highest BCUT2D eigenvalue weighted by atomic mass is 19.1. The first kappa shape index (κ1) is 15.6. The van der Waals surface area contributed by atoms with E-state index in [0.717, 1.165) is 24.0 Å². The maximum absolute atomic E-state index is 16.3. The van der Waals surface area contributed by atoms with Gasteiger partial charge in [0.15, 0.2) is 5.78 Å². The molecule has 0 spiro atoms. The summed E-state index contributed by atoms with van der Waals surface area (Å²) in [6.07, 6.45) is 5.77. The number of carbonyl (C=O) groups is 1. The Bertz CT molecular complexity index is 644. The molecule has 0 aromatic heterocycles. The van der Waals surface area contributed by atoms with E-state index in [-0.39, 0.29) is 16.6 Å². The van der Waals surface area contributed by atoms with Crippen molar-refractivity contribution in [1.82, 2.24) is 0 Å². The number of alkyl halides is 1. The van der Waals surface area contributed by atoms with Gasteiger partial charge in [-0.3, -0.25) is 4.79 Å². The molecule has 4 aliphatic carbocycles. The van der Waals surface area contributed by atoms with Crippen LogP contribution in [0.3, 0.4) is 0 Å². The van der Waals surface area contributed by atoms with Gasteiger partial charge in [0, 0.05) is 12.3 Å². The van der Waals surface area contributed by atoms with Gasteiger partial charge >= 0.3 is 0 Å². The highest BCUT2D eigenvalue weighted by Gasteiger charge is 2.63. The summed E-state index contributed by atoms with van der Waals surface area (Å²) in [5.41, 5.74) is 1.51. The van der Waals surface area contributed by atoms with E-state index in [1.165, 1.54) is 5.57 Å². The number of halogens is 1. The minimum Gasteiger partial charge on any atom is -0.392 e. The molecule has 4 unspecified atom stereocenters. The van der Waals surface area contributed by atoms with Gasteiger partial charge in [-0.2, -0.15) is 0 Å². The van der Waals surface area contributed by atoms with Crippen molar-refractivity contribution in [3.8, 4) is 0 Å². The third-order valence-electron chi connectivity index (χ3n) is 7.38. The van der Waals surface area contributed by atoms with E-state index in [4.69, 9.17) is 0 Å². The largest absolute Gasteiger partial charge is 0.392 e. The molecule has 0 radical (unpaired) electrons. The number of ketones is 1. The standard InChI is InChI=1S/C20H27FO2/c1-18(2)7-6-14-15(18)11-16(23)17-19(3)8-5-13(22)10-12(19)4-9-20(14,17)21/h10,16-17,23H,4-9,11H2,1-3H3. The van der Waals surface area contributed by atoms with E-state index < -0.39 is 17.7 Å². The van der Waals surface area contributed by atoms with Gasteiger partial charge in [0.1, 0.15) is 5.67 Å². The zero-order valence-electron chi connectivity index (χ0n) is 14.4. The number of fused-ring (bicyclic) bond motifs is 4. The van der Waals surface area contributed by atoms with E-state index in [0.29, 0.717) is 32.1 Å². The summed E-state index contributed by atoms with van der Waals surface area (Å²) < 4.78 is 16.3. The molecule has 3 heteroatoms. The topological polar surface area (TPSA) is 37.3 Å². The molecule has 0 aromatic carbocycles. The van der Waals surface area contributed by atoms with Crippen LogP contribution in [0.25, 0.3) is 0 Å². The molecule has 1 N–H and O–H groups in total. The lowest BCUT2D eigenvalue weighted by Gasteiger charge is -2.57. The van der Waals surface area contributed by atoms with Gasteiger partial charge in [-0.05, 0) is 61.0 Å². The molecular formula is C20H27FO2. The first-order valence-electron chi connectivity index (χ1n) is 9.02. The van der Waals surface area contributed by atoms with E-state index >= 15 is 4.39 Å². The van der Waals surface area contributed by atoms with Crippen molar-refractivity contribution in [2.45, 2.75) is 77.5 Å². The molecule has 0 aliphatic heterocycles. The lowest BCUT2D eigenvalue weighted by molar-refractivity contribution is -0.120. The first-order chi connectivity index (χ1) is 10.7. The predicted molar refractivity (Wildman–Crippen MR) is 87.7 cm³/mol. The Morgan fingerprint density at radius 1 is 1.09 bits per heavy atom. The maximum Gasteiger partial charge on any atom is 0.155 e. The van der Waals surface area contributed by atoms with Gasteiger partial charge in [0.25, 0.3) is 0 Å². The van der Waals surface area contributed by atoms with Crippen LogP contribution in [0.5, 0.6) is 0 Å². The van der Waals surface area contributed by atoms with Gasteiger partial charge in [-0.1, -0.05) is 31.9 Å². The molecular weight excluding hydrogens is 291 g/mol. The normalized spacial score (nSPS) is 45.3. The molecule has 4 aliphatic rings. The van der Waals surface area contributed by atoms with Gasteiger partial charge in [-0.25, -0.2) is 4.39 Å². The van der Waals surface area contributed by atoms with E-state index in [1.807, 2.05) is 0 Å². The Morgan fingerprint density at radius 2 is 1.83 bits per heavy atom. The summed E-state index contributed by atoms with van der Waals surface area (Å²) in [5.74, 6) is -0.230. The summed E-state index contributed by atoms with van der Waals surface area (Å²) >= 11 is 0. The SMILES string of the molecule is CC1(C)CCC2=C1CC(O)C1C3(C)CCC(=O)C=C3CCC21F. The molecule has 4 rings (SSSR count). The molecule has 0 saturated heterocycles. The number of aliphatic hydroxyl groups is 1. The summed E-state index contributed by atoms with van der Waals surface area (Å²) in [6.45, 7) is 6.44. The molecule has 1 saturated carbocycles. The molecule has 4 atom stereocenters. The van der Waals surface area contributed by atoms with Crippen molar-refractivity contribution >= 4 is 5.78 Å². The monoisotopic (exact) mass is 318 g/mol. The summed E-state index contributed by atoms with van der Waals surface area (Å²) in [6, 6.07) is 0. The van der Waals surface area contributed by atoms with Gasteiger partial charge < -0.3 is 5.11 Å². The Kier molecular flexibility index (Phi) is 3.09. The highest BCUT2D eigenvalue weighted by Crippen LogP contribution is 2.65.